The van der Waals surface area contributed by atoms with Crippen LogP contribution in [-0.4, -0.2) is 23.0 Å². The quantitative estimate of drug-likeness (QED) is 0.842. The Labute approximate surface area is 153 Å². The van der Waals surface area contributed by atoms with Crippen LogP contribution in [0.3, 0.4) is 0 Å². The number of carboxylic acids is 1. The molecule has 0 saturated heterocycles. The van der Waals surface area contributed by atoms with Gasteiger partial charge in [-0.1, -0.05) is 44.2 Å². The third-order valence-corrected chi connectivity index (χ3v) is 3.20. The number of carboxylic acid groups (broad SMARTS) is 1. The fourth-order valence-electron chi connectivity index (χ4n) is 1.90. The summed E-state index contributed by atoms with van der Waals surface area (Å²) < 4.78 is 92.0. The van der Waals surface area contributed by atoms with Crippen LogP contribution in [0.25, 0.3) is 0 Å². The topological polar surface area (TPSA) is 66.4 Å². The van der Waals surface area contributed by atoms with Gasteiger partial charge in [0, 0.05) is 26.0 Å². The smallest absolute Gasteiger partial charge is 0.326 e. The number of hydrogen-bond donors (Lipinski definition) is 2. The van der Waals surface area contributed by atoms with E-state index in [1.54, 1.807) is 11.4 Å². The van der Waals surface area contributed by atoms with Gasteiger partial charge in [-0.15, -0.1) is 0 Å². The summed E-state index contributed by atoms with van der Waals surface area (Å²) in [4.78, 5) is 25.2. The first-order valence-corrected chi connectivity index (χ1v) is 7.19. The lowest BCUT2D eigenvalue weighted by atomic mass is 9.76. The first-order chi connectivity index (χ1) is 15.1. The number of carbonyl (C=O) groups excluding carboxylic acids is 1. The number of nitrogens with one attached hydrogen (secondary N) is 1. The molecule has 1 aromatic carbocycles. The molecule has 23 heavy (non-hydrogen) atoms. The molecule has 1 aliphatic rings. The fourth-order valence-corrected chi connectivity index (χ4v) is 1.90. The van der Waals surface area contributed by atoms with Crippen LogP contribution in [0.15, 0.2) is 30.3 Å². The summed E-state index contributed by atoms with van der Waals surface area (Å²) in [6, 6.07) is 4.67. The molecule has 1 saturated carbocycles. The summed E-state index contributed by atoms with van der Waals surface area (Å²) in [5, 5.41) is 11.3. The number of rotatable bonds is 6. The van der Waals surface area contributed by atoms with Gasteiger partial charge in [-0.05, 0) is 42.9 Å². The molecule has 126 valence electrons. The Morgan fingerprint density at radius 1 is 1.30 bits per heavy atom. The summed E-state index contributed by atoms with van der Waals surface area (Å²) in [6.07, 6.45) is -15.5. The summed E-state index contributed by atoms with van der Waals surface area (Å²) in [5.74, 6) is -12.2. The molecule has 4 nitrogen and oxygen atoms in total. The van der Waals surface area contributed by atoms with Gasteiger partial charge in [-0.25, -0.2) is 4.79 Å². The zero-order valence-corrected chi connectivity index (χ0v) is 12.9. The number of aliphatic carboxylic acids is 1. The maximum absolute atomic E-state index is 13.3. The van der Waals surface area contributed by atoms with Crippen molar-refractivity contribution >= 4 is 11.9 Å². The largest absolute Gasteiger partial charge is 0.480 e. The van der Waals surface area contributed by atoms with Gasteiger partial charge in [-0.3, -0.25) is 4.79 Å². The van der Waals surface area contributed by atoms with Crippen LogP contribution in [0.2, 0.25) is 0 Å². The highest BCUT2D eigenvalue weighted by molar-refractivity contribution is 5.85. The maximum Gasteiger partial charge on any atom is 0.326 e. The van der Waals surface area contributed by atoms with E-state index in [1.807, 2.05) is 0 Å². The zero-order valence-electron chi connectivity index (χ0n) is 23.9. The molecule has 4 heteroatoms. The molecule has 0 heterocycles. The Balaban J connectivity index is 2.70. The van der Waals surface area contributed by atoms with E-state index in [0.29, 0.717) is 0 Å². The lowest BCUT2D eigenvalue weighted by Crippen LogP contribution is -2.45. The fraction of sp³-hybridized carbons (Fsp3) is 0.579. The molecule has 0 spiro atoms. The minimum atomic E-state index is -3.91. The van der Waals surface area contributed by atoms with Gasteiger partial charge in [0.1, 0.15) is 6.02 Å². The van der Waals surface area contributed by atoms with Gasteiger partial charge >= 0.3 is 5.97 Å². The molecule has 0 bridgehead atoms. The van der Waals surface area contributed by atoms with E-state index in [4.69, 9.17) is 15.1 Å². The van der Waals surface area contributed by atoms with Crippen molar-refractivity contribution in [2.75, 3.05) is 0 Å². The van der Waals surface area contributed by atoms with Crippen molar-refractivity contribution in [3.8, 4) is 0 Å². The molecule has 1 fully saturated rings. The van der Waals surface area contributed by atoms with Crippen LogP contribution >= 0.6 is 0 Å². The van der Waals surface area contributed by atoms with Crippen LogP contribution < -0.4 is 5.32 Å². The van der Waals surface area contributed by atoms with Crippen LogP contribution in [-0.2, 0) is 16.0 Å². The van der Waals surface area contributed by atoms with Crippen molar-refractivity contribution < 1.29 is 29.8 Å². The molecule has 2 N–H and O–H groups in total. The number of amides is 1. The second-order valence-electron chi connectivity index (χ2n) is 5.34. The summed E-state index contributed by atoms with van der Waals surface area (Å²) in [6.45, 7) is 2.40. The summed E-state index contributed by atoms with van der Waals surface area (Å²) in [7, 11) is 0. The van der Waals surface area contributed by atoms with Crippen LogP contribution in [0.5, 0.6) is 0 Å². The van der Waals surface area contributed by atoms with E-state index >= 15 is 0 Å². The van der Waals surface area contributed by atoms with E-state index in [1.165, 1.54) is 38.1 Å². The first kappa shape index (κ1) is 7.82. The summed E-state index contributed by atoms with van der Waals surface area (Å²) in [5.41, 5.74) is 0.268. The lowest BCUT2D eigenvalue weighted by molar-refractivity contribution is -0.142. The van der Waals surface area contributed by atoms with Crippen molar-refractivity contribution in [1.82, 2.24) is 5.32 Å². The van der Waals surface area contributed by atoms with Gasteiger partial charge in [0.25, 0.3) is 0 Å². The number of carbonyl (C=O) groups is 2. The molecule has 2 rings (SSSR count). The molecule has 1 aromatic rings. The highest BCUT2D eigenvalue weighted by Crippen LogP contribution is 2.33. The Hall–Kier alpha value is -1.84. The van der Waals surface area contributed by atoms with Crippen molar-refractivity contribution in [2.45, 2.75) is 51.8 Å². The van der Waals surface area contributed by atoms with Gasteiger partial charge in [0.05, 0.1) is 1.37 Å². The highest BCUT2D eigenvalue weighted by atomic mass is 16.4. The molecule has 1 aliphatic carbocycles. The van der Waals surface area contributed by atoms with Crippen LogP contribution in [0.1, 0.15) is 60.0 Å². The Kier molecular flexibility index (Phi) is 2.77. The van der Waals surface area contributed by atoms with Crippen molar-refractivity contribution in [3.05, 3.63) is 35.9 Å². The number of hydrogen-bond acceptors (Lipinski definition) is 2. The first-order valence-electron chi connectivity index (χ1n) is 12.7. The number of benzene rings is 1. The van der Waals surface area contributed by atoms with E-state index in [-0.39, 0.29) is 5.56 Å². The lowest BCUT2D eigenvalue weighted by Gasteiger charge is -2.30. The zero-order chi connectivity index (χ0) is 26.8. The predicted octanol–water partition coefficient (Wildman–Crippen LogP) is 3.26. The van der Waals surface area contributed by atoms with Gasteiger partial charge in [0.15, 0.2) is 0 Å². The Morgan fingerprint density at radius 2 is 1.91 bits per heavy atom. The van der Waals surface area contributed by atoms with Crippen molar-refractivity contribution in [3.63, 3.8) is 0 Å². The van der Waals surface area contributed by atoms with E-state index in [2.05, 4.69) is 0 Å². The monoisotopic (exact) mass is 328 g/mol. The molecule has 0 aliphatic heterocycles. The van der Waals surface area contributed by atoms with Gasteiger partial charge < -0.3 is 10.4 Å². The SMILES string of the molecule is [2H]C(Cc1ccccc1)(NC(=O)[C@]1([2H])C([2H])([2H])C([2H])([2H])[C@@]([2H])(C(C)C)C([2H])([2H])C1([2H])[2H])C(=O)O. The minimum Gasteiger partial charge on any atom is -0.480 e. The van der Waals surface area contributed by atoms with Gasteiger partial charge in [0.2, 0.25) is 5.91 Å². The molecule has 1 atom stereocenters. The molecule has 0 aromatic heterocycles. The third-order valence-electron chi connectivity index (χ3n) is 3.20. The average Bonchev–Trinajstić information content (AvgIpc) is 2.71. The normalized spacial score (nSPS) is 46.1. The van der Waals surface area contributed by atoms with Crippen LogP contribution in [0, 0.1) is 17.7 Å². The average molecular weight is 328 g/mol. The molecule has 1 unspecified atom stereocenters. The van der Waals surface area contributed by atoms with E-state index in [9.17, 15) is 14.7 Å². The molecule has 0 radical (unpaired) electrons. The maximum atomic E-state index is 13.3. The molecule has 1 amide bonds. The van der Waals surface area contributed by atoms with Crippen molar-refractivity contribution in [2.24, 2.45) is 17.7 Å². The Morgan fingerprint density at radius 3 is 2.43 bits per heavy atom. The van der Waals surface area contributed by atoms with Gasteiger partial charge in [-0.2, -0.15) is 0 Å². The Bertz CT molecular complexity index is 939. The second-order valence-corrected chi connectivity index (χ2v) is 5.34. The van der Waals surface area contributed by atoms with E-state index in [0.717, 1.165) is 0 Å². The standard InChI is InChI=1S/C19H27NO3/c1-13(2)15-8-10-16(11-9-15)18(21)20-17(19(22)23)12-14-6-4-3-5-7-14/h3-7,13,15-17H,8-12H2,1-2H3,(H,20,21)(H,22,23)/t15-,16-,17?/i8D2,9D2,10D2,11D2,15D,16D,17D. The van der Waals surface area contributed by atoms with E-state index < -0.39 is 67.5 Å². The minimum absolute atomic E-state index is 0.268. The summed E-state index contributed by atoms with van der Waals surface area (Å²) >= 11 is 0. The third kappa shape index (κ3) is 5.08. The highest BCUT2D eigenvalue weighted by Gasteiger charge is 2.30. The van der Waals surface area contributed by atoms with Crippen LogP contribution in [0.4, 0.5) is 0 Å². The molecular weight excluding hydrogens is 290 g/mol. The predicted molar refractivity (Wildman–Crippen MR) is 90.0 cm³/mol. The molecular formula is C19H27NO3. The van der Waals surface area contributed by atoms with Crippen molar-refractivity contribution in [1.29, 1.82) is 0 Å². The second kappa shape index (κ2) is 8.14.